The number of carboxylic acids is 1. The Morgan fingerprint density at radius 1 is 1.56 bits per heavy atom. The summed E-state index contributed by atoms with van der Waals surface area (Å²) >= 11 is 0. The van der Waals surface area contributed by atoms with Crippen molar-refractivity contribution in [1.82, 2.24) is 20.2 Å². The van der Waals surface area contributed by atoms with Crippen LogP contribution in [0, 0.1) is 5.92 Å². The number of tetrazole rings is 1. The van der Waals surface area contributed by atoms with Crippen LogP contribution < -0.4 is 0 Å². The Hall–Kier alpha value is -1.46. The van der Waals surface area contributed by atoms with Gasteiger partial charge in [-0.05, 0) is 42.5 Å². The van der Waals surface area contributed by atoms with Gasteiger partial charge in [-0.1, -0.05) is 20.3 Å². The van der Waals surface area contributed by atoms with Gasteiger partial charge in [0.1, 0.15) is 0 Å². The zero-order valence-corrected chi connectivity index (χ0v) is 11.1. The van der Waals surface area contributed by atoms with Gasteiger partial charge in [0.05, 0.1) is 0 Å². The Bertz CT molecular complexity index is 445. The molecule has 6 heteroatoms. The number of hydrogen-bond donors (Lipinski definition) is 1. The Kier molecular flexibility index (Phi) is 3.36. The van der Waals surface area contributed by atoms with Crippen molar-refractivity contribution in [3.05, 3.63) is 5.82 Å². The van der Waals surface area contributed by atoms with Gasteiger partial charge in [0.2, 0.25) is 0 Å². The molecule has 0 saturated heterocycles. The molecule has 0 aromatic carbocycles. The van der Waals surface area contributed by atoms with Crippen LogP contribution in [0.3, 0.4) is 0 Å². The molecule has 1 aliphatic rings. The number of aliphatic carboxylic acids is 1. The van der Waals surface area contributed by atoms with Gasteiger partial charge in [0, 0.05) is 5.92 Å². The molecule has 3 unspecified atom stereocenters. The lowest BCUT2D eigenvalue weighted by Gasteiger charge is -2.26. The maximum absolute atomic E-state index is 11.5. The van der Waals surface area contributed by atoms with E-state index in [0.717, 1.165) is 25.1 Å². The molecule has 100 valence electrons. The van der Waals surface area contributed by atoms with Gasteiger partial charge in [-0.15, -0.1) is 5.10 Å². The van der Waals surface area contributed by atoms with Crippen molar-refractivity contribution in [2.75, 3.05) is 0 Å². The van der Waals surface area contributed by atoms with E-state index >= 15 is 0 Å². The first-order valence-electron chi connectivity index (χ1n) is 6.53. The molecular formula is C12H20N4O2. The molecule has 1 aromatic heterocycles. The second-order valence-corrected chi connectivity index (χ2v) is 5.40. The van der Waals surface area contributed by atoms with E-state index in [1.807, 2.05) is 6.92 Å². The van der Waals surface area contributed by atoms with Crippen molar-refractivity contribution in [2.45, 2.75) is 57.9 Å². The number of carboxylic acid groups (broad SMARTS) is 1. The molecule has 0 amide bonds. The van der Waals surface area contributed by atoms with Crippen LogP contribution >= 0.6 is 0 Å². The van der Waals surface area contributed by atoms with E-state index in [0.29, 0.717) is 12.3 Å². The van der Waals surface area contributed by atoms with Crippen LogP contribution in [0.4, 0.5) is 0 Å². The monoisotopic (exact) mass is 252 g/mol. The van der Waals surface area contributed by atoms with E-state index in [4.69, 9.17) is 0 Å². The molecule has 2 rings (SSSR count). The molecule has 18 heavy (non-hydrogen) atoms. The van der Waals surface area contributed by atoms with Crippen molar-refractivity contribution in [3.63, 3.8) is 0 Å². The summed E-state index contributed by atoms with van der Waals surface area (Å²) in [5, 5.41) is 21.1. The van der Waals surface area contributed by atoms with E-state index in [1.54, 1.807) is 6.92 Å². The highest BCUT2D eigenvalue weighted by atomic mass is 16.4. The minimum absolute atomic E-state index is 0.283. The number of rotatable bonds is 4. The smallest absolute Gasteiger partial charge is 0.331 e. The van der Waals surface area contributed by atoms with Gasteiger partial charge in [-0.2, -0.15) is 0 Å². The molecule has 0 spiro atoms. The molecule has 1 N–H and O–H groups in total. The minimum atomic E-state index is -1.05. The lowest BCUT2D eigenvalue weighted by molar-refractivity contribution is -0.147. The first kappa shape index (κ1) is 13.0. The zero-order valence-electron chi connectivity index (χ0n) is 11.1. The predicted octanol–water partition coefficient (Wildman–Crippen LogP) is 1.79. The second-order valence-electron chi connectivity index (χ2n) is 5.40. The highest BCUT2D eigenvalue weighted by Gasteiger charge is 2.40. The van der Waals surface area contributed by atoms with Gasteiger partial charge >= 0.3 is 5.97 Å². The van der Waals surface area contributed by atoms with Gasteiger partial charge in [-0.25, -0.2) is 9.48 Å². The summed E-state index contributed by atoms with van der Waals surface area (Å²) in [5.41, 5.74) is -1.05. The van der Waals surface area contributed by atoms with Gasteiger partial charge < -0.3 is 5.11 Å². The third-order valence-electron chi connectivity index (χ3n) is 4.30. The first-order chi connectivity index (χ1) is 8.50. The molecule has 6 nitrogen and oxygen atoms in total. The normalized spacial score (nSPS) is 27.1. The van der Waals surface area contributed by atoms with E-state index in [1.165, 1.54) is 4.68 Å². The lowest BCUT2D eigenvalue weighted by atomic mass is 9.94. The SMILES string of the molecule is CCC(C)(C(=O)O)n1nnnc1C1CCCC1C. The van der Waals surface area contributed by atoms with Crippen LogP contribution in [-0.2, 0) is 10.3 Å². The molecule has 1 aromatic rings. The first-order valence-corrected chi connectivity index (χ1v) is 6.53. The van der Waals surface area contributed by atoms with E-state index < -0.39 is 11.5 Å². The summed E-state index contributed by atoms with van der Waals surface area (Å²) in [4.78, 5) is 11.5. The van der Waals surface area contributed by atoms with Crippen molar-refractivity contribution < 1.29 is 9.90 Å². The molecule has 0 bridgehead atoms. The van der Waals surface area contributed by atoms with E-state index in [2.05, 4.69) is 22.4 Å². The molecule has 1 heterocycles. The predicted molar refractivity (Wildman–Crippen MR) is 65.1 cm³/mol. The standard InChI is InChI=1S/C12H20N4O2/c1-4-12(3,11(17)18)16-10(13-14-15-16)9-7-5-6-8(9)2/h8-9H,4-7H2,1-3H3,(H,17,18). The number of nitrogens with zero attached hydrogens (tertiary/aromatic N) is 4. The van der Waals surface area contributed by atoms with Crippen molar-refractivity contribution in [3.8, 4) is 0 Å². The van der Waals surface area contributed by atoms with Crippen LogP contribution in [0.1, 0.15) is 58.2 Å². The van der Waals surface area contributed by atoms with Crippen LogP contribution in [0.2, 0.25) is 0 Å². The van der Waals surface area contributed by atoms with Gasteiger partial charge in [-0.3, -0.25) is 0 Å². The second kappa shape index (κ2) is 4.66. The Balaban J connectivity index is 2.41. The highest BCUT2D eigenvalue weighted by molar-refractivity contribution is 5.76. The van der Waals surface area contributed by atoms with Crippen LogP contribution in [-0.4, -0.2) is 31.3 Å². The average Bonchev–Trinajstić information content (AvgIpc) is 2.95. The molecule has 1 saturated carbocycles. The van der Waals surface area contributed by atoms with E-state index in [-0.39, 0.29) is 5.92 Å². The third-order valence-corrected chi connectivity index (χ3v) is 4.30. The van der Waals surface area contributed by atoms with Crippen molar-refractivity contribution in [2.24, 2.45) is 5.92 Å². The Labute approximate surface area is 106 Å². The Morgan fingerprint density at radius 3 is 2.78 bits per heavy atom. The highest BCUT2D eigenvalue weighted by Crippen LogP contribution is 2.39. The van der Waals surface area contributed by atoms with Crippen LogP contribution in [0.25, 0.3) is 0 Å². The zero-order chi connectivity index (χ0) is 13.3. The minimum Gasteiger partial charge on any atom is -0.479 e. The number of hydrogen-bond acceptors (Lipinski definition) is 4. The summed E-state index contributed by atoms with van der Waals surface area (Å²) in [6.07, 6.45) is 3.82. The summed E-state index contributed by atoms with van der Waals surface area (Å²) in [6, 6.07) is 0. The van der Waals surface area contributed by atoms with Crippen molar-refractivity contribution >= 4 is 5.97 Å². The largest absolute Gasteiger partial charge is 0.479 e. The molecule has 0 aliphatic heterocycles. The van der Waals surface area contributed by atoms with Crippen LogP contribution in [0.5, 0.6) is 0 Å². The molecule has 0 radical (unpaired) electrons. The molecular weight excluding hydrogens is 232 g/mol. The topological polar surface area (TPSA) is 80.9 Å². The summed E-state index contributed by atoms with van der Waals surface area (Å²) in [6.45, 7) is 5.70. The van der Waals surface area contributed by atoms with Crippen LogP contribution in [0.15, 0.2) is 0 Å². The fourth-order valence-corrected chi connectivity index (χ4v) is 2.70. The van der Waals surface area contributed by atoms with E-state index in [9.17, 15) is 9.90 Å². The fourth-order valence-electron chi connectivity index (χ4n) is 2.70. The maximum Gasteiger partial charge on any atom is 0.331 e. The third kappa shape index (κ3) is 1.89. The maximum atomic E-state index is 11.5. The van der Waals surface area contributed by atoms with Gasteiger partial charge in [0.25, 0.3) is 0 Å². The average molecular weight is 252 g/mol. The number of carbonyl (C=O) groups is 1. The summed E-state index contributed by atoms with van der Waals surface area (Å²) in [7, 11) is 0. The lowest BCUT2D eigenvalue weighted by Crippen LogP contribution is -2.41. The quantitative estimate of drug-likeness (QED) is 0.883. The summed E-state index contributed by atoms with van der Waals surface area (Å²) in [5.74, 6) is 0.644. The van der Waals surface area contributed by atoms with Gasteiger partial charge in [0.15, 0.2) is 11.4 Å². The van der Waals surface area contributed by atoms with Crippen molar-refractivity contribution in [1.29, 1.82) is 0 Å². The molecule has 3 atom stereocenters. The summed E-state index contributed by atoms with van der Waals surface area (Å²) < 4.78 is 1.52. The molecule has 1 aliphatic carbocycles. The fraction of sp³-hybridized carbons (Fsp3) is 0.833. The molecule has 1 fully saturated rings. The number of aromatic nitrogens is 4. The Morgan fingerprint density at radius 2 is 2.28 bits per heavy atom.